The third kappa shape index (κ3) is 2.07. The second-order valence-electron chi connectivity index (χ2n) is 5.38. The van der Waals surface area contributed by atoms with Crippen molar-refractivity contribution in [2.24, 2.45) is 0 Å². The summed E-state index contributed by atoms with van der Waals surface area (Å²) in [5.74, 6) is -0.0353. The molecule has 1 N–H and O–H groups in total. The molecule has 0 bridgehead atoms. The van der Waals surface area contributed by atoms with Crippen LogP contribution in [0.5, 0.6) is 0 Å². The first-order valence-electron chi connectivity index (χ1n) is 5.79. The predicted octanol–water partition coefficient (Wildman–Crippen LogP) is 4.51. The predicted molar refractivity (Wildman–Crippen MR) is 82.1 cm³/mol. The minimum absolute atomic E-state index is 0.0353. The molecule has 1 fully saturated rings. The van der Waals surface area contributed by atoms with Crippen LogP contribution in [-0.4, -0.2) is 18.3 Å². The molecule has 2 atom stereocenters. The molecule has 1 aromatic rings. The summed E-state index contributed by atoms with van der Waals surface area (Å²) in [5.41, 5.74) is 1.47. The normalized spacial score (nSPS) is 35.9. The maximum atomic E-state index is 11.0. The molecule has 0 amide bonds. The summed E-state index contributed by atoms with van der Waals surface area (Å²) in [6.45, 7) is 0. The summed E-state index contributed by atoms with van der Waals surface area (Å²) < 4.78 is -1.39. The van der Waals surface area contributed by atoms with E-state index in [4.69, 9.17) is 23.2 Å². The van der Waals surface area contributed by atoms with Gasteiger partial charge in [0.1, 0.15) is 4.33 Å². The Morgan fingerprint density at radius 1 is 1.17 bits per heavy atom. The quantitative estimate of drug-likeness (QED) is 0.619. The van der Waals surface area contributed by atoms with Crippen LogP contribution in [0.1, 0.15) is 29.9 Å². The van der Waals surface area contributed by atoms with Gasteiger partial charge in [-0.25, -0.2) is 0 Å². The first kappa shape index (κ1) is 13.7. The topological polar surface area (TPSA) is 20.2 Å². The van der Waals surface area contributed by atoms with Crippen molar-refractivity contribution in [1.29, 1.82) is 0 Å². The molecular weight excluding hydrogens is 403 g/mol. The maximum absolute atomic E-state index is 11.0. The molecule has 1 aromatic carbocycles. The molecule has 1 saturated carbocycles. The first-order valence-corrected chi connectivity index (χ1v) is 8.14. The van der Waals surface area contributed by atoms with Crippen LogP contribution >= 0.6 is 55.1 Å². The average molecular weight is 415 g/mol. The third-order valence-corrected chi connectivity index (χ3v) is 5.89. The second-order valence-corrected chi connectivity index (χ2v) is 10.9. The highest BCUT2D eigenvalue weighted by Crippen LogP contribution is 2.64. The van der Waals surface area contributed by atoms with E-state index in [2.05, 4.69) is 44.0 Å². The molecule has 1 nitrogen and oxygen atoms in total. The van der Waals surface area contributed by atoms with E-state index >= 15 is 0 Å². The van der Waals surface area contributed by atoms with E-state index in [0.717, 1.165) is 0 Å². The summed E-state index contributed by atoms with van der Waals surface area (Å²) >= 11 is 19.9. The van der Waals surface area contributed by atoms with Gasteiger partial charge in [-0.2, -0.15) is 0 Å². The van der Waals surface area contributed by atoms with Crippen LogP contribution in [0.15, 0.2) is 24.3 Å². The van der Waals surface area contributed by atoms with Gasteiger partial charge in [-0.3, -0.25) is 0 Å². The van der Waals surface area contributed by atoms with Gasteiger partial charge in [0.2, 0.25) is 0 Å². The van der Waals surface area contributed by atoms with Gasteiger partial charge in [0.05, 0.1) is 8.83 Å². The fourth-order valence-corrected chi connectivity index (χ4v) is 7.27. The molecule has 18 heavy (non-hydrogen) atoms. The van der Waals surface area contributed by atoms with Crippen LogP contribution < -0.4 is 0 Å². The van der Waals surface area contributed by atoms with E-state index in [0.29, 0.717) is 19.3 Å². The van der Waals surface area contributed by atoms with Crippen molar-refractivity contribution in [3.05, 3.63) is 35.4 Å². The second kappa shape index (κ2) is 4.11. The van der Waals surface area contributed by atoms with Crippen molar-refractivity contribution in [2.75, 3.05) is 0 Å². The standard InChI is InChI=1S/C13H12Br2Cl2O/c14-13(15)7-12(16,17)6-11(18)5-8-3-1-2-4-9(8)10(11)13/h1-4,10,18H,5-7H2. The van der Waals surface area contributed by atoms with Crippen molar-refractivity contribution in [1.82, 2.24) is 0 Å². The molecule has 0 heterocycles. The van der Waals surface area contributed by atoms with E-state index in [1.807, 2.05) is 12.1 Å². The van der Waals surface area contributed by atoms with E-state index < -0.39 is 13.2 Å². The minimum atomic E-state index is -0.916. The van der Waals surface area contributed by atoms with Crippen molar-refractivity contribution in [3.63, 3.8) is 0 Å². The zero-order valence-electron chi connectivity index (χ0n) is 9.47. The third-order valence-electron chi connectivity index (χ3n) is 3.88. The Morgan fingerprint density at radius 2 is 1.83 bits per heavy atom. The number of rotatable bonds is 0. The zero-order chi connectivity index (χ0) is 13.2. The molecule has 3 rings (SSSR count). The highest BCUT2D eigenvalue weighted by Gasteiger charge is 2.61. The smallest absolute Gasteiger partial charge is 0.123 e. The molecule has 0 radical (unpaired) electrons. The number of hydrogen-bond acceptors (Lipinski definition) is 1. The highest BCUT2D eigenvalue weighted by atomic mass is 79.9. The van der Waals surface area contributed by atoms with Crippen molar-refractivity contribution < 1.29 is 5.11 Å². The SMILES string of the molecule is OC12Cc3ccccc3C1C(Br)(Br)CC(Cl)(Cl)C2. The first-order chi connectivity index (χ1) is 8.24. The molecule has 2 aliphatic carbocycles. The Labute approximate surface area is 133 Å². The van der Waals surface area contributed by atoms with Gasteiger partial charge < -0.3 is 5.11 Å². The molecule has 0 saturated heterocycles. The van der Waals surface area contributed by atoms with Crippen molar-refractivity contribution in [3.8, 4) is 0 Å². The molecule has 5 heteroatoms. The Balaban J connectivity index is 2.13. The lowest BCUT2D eigenvalue weighted by molar-refractivity contribution is -0.00787. The lowest BCUT2D eigenvalue weighted by atomic mass is 9.75. The van der Waals surface area contributed by atoms with Gasteiger partial charge >= 0.3 is 0 Å². The summed E-state index contributed by atoms with van der Waals surface area (Å²) in [4.78, 5) is 0. The lowest BCUT2D eigenvalue weighted by Crippen LogP contribution is -2.52. The summed E-state index contributed by atoms with van der Waals surface area (Å²) in [5, 5.41) is 11.0. The molecule has 98 valence electrons. The van der Waals surface area contributed by atoms with Gasteiger partial charge in [-0.05, 0) is 11.1 Å². The van der Waals surface area contributed by atoms with Crippen LogP contribution in [0, 0.1) is 0 Å². The van der Waals surface area contributed by atoms with Crippen molar-refractivity contribution >= 4 is 55.1 Å². The minimum Gasteiger partial charge on any atom is -0.389 e. The van der Waals surface area contributed by atoms with E-state index in [1.165, 1.54) is 11.1 Å². The van der Waals surface area contributed by atoms with Crippen LogP contribution in [0.4, 0.5) is 0 Å². The largest absolute Gasteiger partial charge is 0.389 e. The lowest BCUT2D eigenvalue weighted by Gasteiger charge is -2.48. The number of halogens is 4. The molecule has 0 aromatic heterocycles. The van der Waals surface area contributed by atoms with Crippen LogP contribution in [0.2, 0.25) is 0 Å². The summed E-state index contributed by atoms with van der Waals surface area (Å²) in [6, 6.07) is 8.14. The van der Waals surface area contributed by atoms with Gasteiger partial charge in [0.15, 0.2) is 0 Å². The zero-order valence-corrected chi connectivity index (χ0v) is 14.2. The number of aliphatic hydroxyl groups is 1. The van der Waals surface area contributed by atoms with Gasteiger partial charge in [-0.1, -0.05) is 56.1 Å². The highest BCUT2D eigenvalue weighted by molar-refractivity contribution is 9.25. The number of alkyl halides is 4. The summed E-state index contributed by atoms with van der Waals surface area (Å²) in [6.07, 6.45) is 1.54. The average Bonchev–Trinajstić information content (AvgIpc) is 2.45. The number of hydrogen-bond donors (Lipinski definition) is 1. The fraction of sp³-hybridized carbons (Fsp3) is 0.538. The van der Waals surface area contributed by atoms with Crippen LogP contribution in [0.3, 0.4) is 0 Å². The summed E-state index contributed by atoms with van der Waals surface area (Å²) in [7, 11) is 0. The van der Waals surface area contributed by atoms with Gasteiger partial charge in [-0.15, -0.1) is 23.2 Å². The number of benzene rings is 1. The van der Waals surface area contributed by atoms with E-state index in [1.54, 1.807) is 0 Å². The van der Waals surface area contributed by atoms with E-state index in [9.17, 15) is 5.11 Å². The Bertz CT molecular complexity index is 504. The van der Waals surface area contributed by atoms with Crippen LogP contribution in [-0.2, 0) is 6.42 Å². The molecule has 2 unspecified atom stereocenters. The van der Waals surface area contributed by atoms with Crippen LogP contribution in [0.25, 0.3) is 0 Å². The molecule has 0 spiro atoms. The Morgan fingerprint density at radius 3 is 2.56 bits per heavy atom. The van der Waals surface area contributed by atoms with Gasteiger partial charge in [0, 0.05) is 25.2 Å². The number of fused-ring (bicyclic) bond motifs is 3. The molecule has 2 aliphatic rings. The van der Waals surface area contributed by atoms with Gasteiger partial charge in [0.25, 0.3) is 0 Å². The fourth-order valence-electron chi connectivity index (χ4n) is 3.44. The Hall–Kier alpha value is 0.720. The van der Waals surface area contributed by atoms with Crippen molar-refractivity contribution in [2.45, 2.75) is 38.3 Å². The maximum Gasteiger partial charge on any atom is 0.123 e. The monoisotopic (exact) mass is 412 g/mol. The Kier molecular flexibility index (Phi) is 3.13. The molecular formula is C13H12Br2Cl2O. The van der Waals surface area contributed by atoms with E-state index in [-0.39, 0.29) is 5.92 Å². The molecule has 0 aliphatic heterocycles.